The first-order valence-electron chi connectivity index (χ1n) is 6.85. The number of carbonyl (C=O) groups is 2. The summed E-state index contributed by atoms with van der Waals surface area (Å²) in [6.07, 6.45) is 2.51. The van der Waals surface area contributed by atoms with Crippen molar-refractivity contribution in [2.75, 3.05) is 24.5 Å². The first kappa shape index (κ1) is 13.6. The average molecular weight is 260 g/mol. The topological polar surface area (TPSA) is 40.6 Å². The van der Waals surface area contributed by atoms with Gasteiger partial charge in [-0.2, -0.15) is 0 Å². The van der Waals surface area contributed by atoms with Gasteiger partial charge in [0.25, 0.3) is 0 Å². The zero-order chi connectivity index (χ0) is 13.7. The molecule has 2 amide bonds. The first-order chi connectivity index (χ1) is 9.22. The SMILES string of the molecule is CCN(C(=O)CN1CCCCC1=O)c1ccccc1. The normalized spacial score (nSPS) is 15.4. The number of carbonyl (C=O) groups excluding carboxylic acids is 2. The Bertz CT molecular complexity index is 445. The van der Waals surface area contributed by atoms with E-state index in [1.807, 2.05) is 37.3 Å². The summed E-state index contributed by atoms with van der Waals surface area (Å²) in [6.45, 7) is 3.46. The molecule has 2 rings (SSSR count). The molecule has 0 aliphatic carbocycles. The summed E-state index contributed by atoms with van der Waals surface area (Å²) >= 11 is 0. The van der Waals surface area contributed by atoms with Crippen LogP contribution < -0.4 is 4.90 Å². The fraction of sp³-hybridized carbons (Fsp3) is 0.467. The summed E-state index contributed by atoms with van der Waals surface area (Å²) in [5.74, 6) is 0.0904. The second-order valence-electron chi connectivity index (χ2n) is 4.75. The second kappa shape index (κ2) is 6.36. The van der Waals surface area contributed by atoms with Crippen molar-refractivity contribution in [1.29, 1.82) is 0 Å². The van der Waals surface area contributed by atoms with E-state index in [1.165, 1.54) is 0 Å². The zero-order valence-electron chi connectivity index (χ0n) is 11.3. The van der Waals surface area contributed by atoms with E-state index >= 15 is 0 Å². The van der Waals surface area contributed by atoms with E-state index in [-0.39, 0.29) is 18.4 Å². The highest BCUT2D eigenvalue weighted by Crippen LogP contribution is 2.15. The summed E-state index contributed by atoms with van der Waals surface area (Å²) in [5.41, 5.74) is 0.888. The predicted molar refractivity (Wildman–Crippen MR) is 74.9 cm³/mol. The third-order valence-corrected chi connectivity index (χ3v) is 3.43. The van der Waals surface area contributed by atoms with Crippen molar-refractivity contribution in [3.05, 3.63) is 30.3 Å². The Balaban J connectivity index is 2.03. The predicted octanol–water partition coefficient (Wildman–Crippen LogP) is 2.05. The highest BCUT2D eigenvalue weighted by atomic mass is 16.2. The highest BCUT2D eigenvalue weighted by Gasteiger charge is 2.23. The molecular formula is C15H20N2O2. The van der Waals surface area contributed by atoms with Crippen LogP contribution in [0.5, 0.6) is 0 Å². The molecule has 0 unspecified atom stereocenters. The van der Waals surface area contributed by atoms with Gasteiger partial charge in [-0.15, -0.1) is 0 Å². The number of para-hydroxylation sites is 1. The molecule has 1 aromatic rings. The van der Waals surface area contributed by atoms with Gasteiger partial charge in [-0.3, -0.25) is 9.59 Å². The molecule has 0 saturated carbocycles. The minimum atomic E-state index is -0.0102. The van der Waals surface area contributed by atoms with Crippen LogP contribution in [0.1, 0.15) is 26.2 Å². The van der Waals surface area contributed by atoms with E-state index in [4.69, 9.17) is 0 Å². The zero-order valence-corrected chi connectivity index (χ0v) is 11.3. The summed E-state index contributed by atoms with van der Waals surface area (Å²) in [6, 6.07) is 9.59. The number of likely N-dealkylation sites (tertiary alicyclic amines) is 1. The van der Waals surface area contributed by atoms with Gasteiger partial charge in [-0.25, -0.2) is 0 Å². The quantitative estimate of drug-likeness (QED) is 0.831. The molecule has 0 aromatic heterocycles. The third-order valence-electron chi connectivity index (χ3n) is 3.43. The Kier molecular flexibility index (Phi) is 4.55. The van der Waals surface area contributed by atoms with Crippen molar-refractivity contribution in [1.82, 2.24) is 4.90 Å². The number of nitrogens with zero attached hydrogens (tertiary/aromatic N) is 2. The number of hydrogen-bond donors (Lipinski definition) is 0. The summed E-state index contributed by atoms with van der Waals surface area (Å²) in [7, 11) is 0. The standard InChI is InChI=1S/C15H20N2O2/c1-2-17(13-8-4-3-5-9-13)15(19)12-16-11-7-6-10-14(16)18/h3-5,8-9H,2,6-7,10-12H2,1H3. The maximum absolute atomic E-state index is 12.3. The number of benzene rings is 1. The molecule has 1 aromatic carbocycles. The van der Waals surface area contributed by atoms with E-state index in [9.17, 15) is 9.59 Å². The molecule has 102 valence electrons. The summed E-state index contributed by atoms with van der Waals surface area (Å²) in [5, 5.41) is 0. The summed E-state index contributed by atoms with van der Waals surface area (Å²) < 4.78 is 0. The van der Waals surface area contributed by atoms with Gasteiger partial charge >= 0.3 is 0 Å². The van der Waals surface area contributed by atoms with E-state index < -0.39 is 0 Å². The Labute approximate surface area is 114 Å². The molecule has 1 saturated heterocycles. The van der Waals surface area contributed by atoms with E-state index in [2.05, 4.69) is 0 Å². The lowest BCUT2D eigenvalue weighted by Crippen LogP contribution is -2.44. The van der Waals surface area contributed by atoms with Gasteiger partial charge in [0.15, 0.2) is 0 Å². The van der Waals surface area contributed by atoms with Crippen molar-refractivity contribution in [3.8, 4) is 0 Å². The average Bonchev–Trinajstić information content (AvgIpc) is 2.43. The lowest BCUT2D eigenvalue weighted by Gasteiger charge is -2.29. The minimum absolute atomic E-state index is 0.0102. The van der Waals surface area contributed by atoms with E-state index in [0.717, 1.165) is 18.5 Å². The molecule has 0 spiro atoms. The molecule has 1 heterocycles. The van der Waals surface area contributed by atoms with Gasteiger partial charge in [0.05, 0.1) is 0 Å². The van der Waals surface area contributed by atoms with Crippen molar-refractivity contribution >= 4 is 17.5 Å². The Morgan fingerprint density at radius 1 is 1.26 bits per heavy atom. The Morgan fingerprint density at radius 3 is 2.63 bits per heavy atom. The van der Waals surface area contributed by atoms with Gasteiger partial charge in [-0.05, 0) is 31.9 Å². The Morgan fingerprint density at radius 2 is 2.00 bits per heavy atom. The molecule has 4 heteroatoms. The van der Waals surface area contributed by atoms with E-state index in [1.54, 1.807) is 9.80 Å². The molecular weight excluding hydrogens is 240 g/mol. The van der Waals surface area contributed by atoms with Gasteiger partial charge in [0.1, 0.15) is 6.54 Å². The number of hydrogen-bond acceptors (Lipinski definition) is 2. The molecule has 0 atom stereocenters. The number of piperidine rings is 1. The summed E-state index contributed by atoms with van der Waals surface area (Å²) in [4.78, 5) is 27.5. The van der Waals surface area contributed by atoms with Gasteiger partial charge in [-0.1, -0.05) is 18.2 Å². The fourth-order valence-corrected chi connectivity index (χ4v) is 2.39. The maximum atomic E-state index is 12.3. The van der Waals surface area contributed by atoms with Gasteiger partial charge in [0, 0.05) is 25.2 Å². The largest absolute Gasteiger partial charge is 0.333 e. The van der Waals surface area contributed by atoms with Crippen LogP contribution in [0.25, 0.3) is 0 Å². The molecule has 1 fully saturated rings. The number of anilines is 1. The van der Waals surface area contributed by atoms with Crippen LogP contribution in [-0.4, -0.2) is 36.3 Å². The lowest BCUT2D eigenvalue weighted by atomic mass is 10.1. The molecule has 0 bridgehead atoms. The third kappa shape index (κ3) is 3.34. The molecule has 19 heavy (non-hydrogen) atoms. The monoisotopic (exact) mass is 260 g/mol. The highest BCUT2D eigenvalue weighted by molar-refractivity contribution is 5.96. The van der Waals surface area contributed by atoms with Crippen molar-refractivity contribution in [2.45, 2.75) is 26.2 Å². The number of rotatable bonds is 4. The van der Waals surface area contributed by atoms with Gasteiger partial charge < -0.3 is 9.80 Å². The van der Waals surface area contributed by atoms with Crippen molar-refractivity contribution < 1.29 is 9.59 Å². The molecule has 4 nitrogen and oxygen atoms in total. The van der Waals surface area contributed by atoms with Crippen LogP contribution in [0.15, 0.2) is 30.3 Å². The van der Waals surface area contributed by atoms with Crippen LogP contribution in [-0.2, 0) is 9.59 Å². The maximum Gasteiger partial charge on any atom is 0.246 e. The smallest absolute Gasteiger partial charge is 0.246 e. The second-order valence-corrected chi connectivity index (χ2v) is 4.75. The molecule has 0 radical (unpaired) electrons. The van der Waals surface area contributed by atoms with Crippen molar-refractivity contribution in [2.24, 2.45) is 0 Å². The number of amides is 2. The van der Waals surface area contributed by atoms with Crippen LogP contribution in [0.2, 0.25) is 0 Å². The van der Waals surface area contributed by atoms with Gasteiger partial charge in [0.2, 0.25) is 11.8 Å². The van der Waals surface area contributed by atoms with Crippen LogP contribution in [0, 0.1) is 0 Å². The van der Waals surface area contributed by atoms with Crippen LogP contribution in [0.4, 0.5) is 5.69 Å². The first-order valence-corrected chi connectivity index (χ1v) is 6.85. The molecule has 1 aliphatic rings. The molecule has 1 aliphatic heterocycles. The minimum Gasteiger partial charge on any atom is -0.333 e. The Hall–Kier alpha value is -1.84. The molecule has 0 N–H and O–H groups in total. The van der Waals surface area contributed by atoms with Crippen LogP contribution >= 0.6 is 0 Å². The lowest BCUT2D eigenvalue weighted by molar-refractivity contribution is -0.137. The van der Waals surface area contributed by atoms with Crippen molar-refractivity contribution in [3.63, 3.8) is 0 Å². The van der Waals surface area contributed by atoms with E-state index in [0.29, 0.717) is 19.5 Å². The fourth-order valence-electron chi connectivity index (χ4n) is 2.39. The van der Waals surface area contributed by atoms with Crippen LogP contribution in [0.3, 0.4) is 0 Å². The number of likely N-dealkylation sites (N-methyl/N-ethyl adjacent to an activating group) is 1.